The van der Waals surface area contributed by atoms with Gasteiger partial charge in [0.25, 0.3) is 5.91 Å². The lowest BCUT2D eigenvalue weighted by Crippen LogP contribution is -2.54. The molecule has 2 atom stereocenters. The van der Waals surface area contributed by atoms with E-state index in [-0.39, 0.29) is 42.1 Å². The largest absolute Gasteiger partial charge is 0.483 e. The maximum Gasteiger partial charge on any atom is 0.319 e. The fraction of sp³-hybridized carbons (Fsp3) is 0.370. The van der Waals surface area contributed by atoms with Crippen molar-refractivity contribution in [2.24, 2.45) is 0 Å². The molecule has 3 N–H and O–H groups in total. The number of ether oxygens (including phenoxy) is 1. The Morgan fingerprint density at radius 3 is 2.44 bits per heavy atom. The normalized spacial score (nSPS) is 17.4. The second kappa shape index (κ2) is 12.0. The third-order valence-electron chi connectivity index (χ3n) is 6.21. The van der Waals surface area contributed by atoms with Crippen molar-refractivity contribution in [1.82, 2.24) is 15.6 Å². The first-order chi connectivity index (χ1) is 17.4. The monoisotopic (exact) mass is 510 g/mol. The summed E-state index contributed by atoms with van der Waals surface area (Å²) in [4.78, 5) is 29.8. The fourth-order valence-corrected chi connectivity index (χ4v) is 4.87. The van der Waals surface area contributed by atoms with Gasteiger partial charge in [0, 0.05) is 17.1 Å². The maximum absolute atomic E-state index is 13.7. The summed E-state index contributed by atoms with van der Waals surface area (Å²) in [6.07, 6.45) is 3.51. The molecular weight excluding hydrogens is 479 g/mol. The van der Waals surface area contributed by atoms with E-state index in [0.717, 1.165) is 31.4 Å². The highest BCUT2D eigenvalue weighted by atomic mass is 32.1. The molecule has 0 saturated heterocycles. The molecule has 7 nitrogen and oxygen atoms in total. The molecule has 0 aliphatic heterocycles. The third kappa shape index (κ3) is 6.81. The van der Waals surface area contributed by atoms with Gasteiger partial charge in [0.1, 0.15) is 17.3 Å². The van der Waals surface area contributed by atoms with Crippen LogP contribution in [-0.2, 0) is 6.61 Å². The van der Waals surface area contributed by atoms with Crippen LogP contribution in [0.25, 0.3) is 0 Å². The van der Waals surface area contributed by atoms with Gasteiger partial charge in [-0.3, -0.25) is 4.79 Å². The summed E-state index contributed by atoms with van der Waals surface area (Å²) in [7, 11) is 0. The van der Waals surface area contributed by atoms with E-state index in [1.807, 2.05) is 24.3 Å². The summed E-state index contributed by atoms with van der Waals surface area (Å²) in [6, 6.07) is 13.3. The lowest BCUT2D eigenvalue weighted by Gasteiger charge is -2.32. The molecule has 1 fully saturated rings. The standard InChI is InChI=1S/C27H31FN4O3S/c1-17(2)18-11-13-19(14-12-18)29-27(34)32-22-9-5-4-8-21(22)31-26(33)23-16-36-25(30-23)15-35-24-10-6-3-7-20(24)28/h3,6-7,10-14,16-17,21-22H,4-5,8-9,15H2,1-2H3,(H,31,33)(H2,29,32,34)/t21-,22-/m0/s1. The van der Waals surface area contributed by atoms with Crippen LogP contribution in [0, 0.1) is 5.82 Å². The van der Waals surface area contributed by atoms with Crippen molar-refractivity contribution < 1.29 is 18.7 Å². The number of aromatic nitrogens is 1. The van der Waals surface area contributed by atoms with E-state index in [0.29, 0.717) is 10.9 Å². The molecule has 0 bridgehead atoms. The van der Waals surface area contributed by atoms with Gasteiger partial charge in [0.2, 0.25) is 0 Å². The Kier molecular flexibility index (Phi) is 8.53. The molecule has 1 aliphatic rings. The Morgan fingerprint density at radius 2 is 1.75 bits per heavy atom. The number of urea groups is 1. The predicted octanol–water partition coefficient (Wildman–Crippen LogP) is 5.85. The lowest BCUT2D eigenvalue weighted by molar-refractivity contribution is 0.0911. The van der Waals surface area contributed by atoms with Gasteiger partial charge < -0.3 is 20.7 Å². The fourth-order valence-electron chi connectivity index (χ4n) is 4.19. The molecular formula is C27H31FN4O3S. The number of carbonyl (C=O) groups excluding carboxylic acids is 2. The van der Waals surface area contributed by atoms with Crippen LogP contribution in [-0.4, -0.2) is 29.0 Å². The molecule has 1 aromatic heterocycles. The van der Waals surface area contributed by atoms with E-state index in [4.69, 9.17) is 4.74 Å². The number of para-hydroxylation sites is 1. The van der Waals surface area contributed by atoms with E-state index >= 15 is 0 Å². The summed E-state index contributed by atoms with van der Waals surface area (Å²) >= 11 is 1.28. The second-order valence-electron chi connectivity index (χ2n) is 9.19. The van der Waals surface area contributed by atoms with Crippen LogP contribution in [0.3, 0.4) is 0 Å². The topological polar surface area (TPSA) is 92.4 Å². The van der Waals surface area contributed by atoms with Gasteiger partial charge >= 0.3 is 6.03 Å². The highest BCUT2D eigenvalue weighted by Gasteiger charge is 2.28. The molecule has 1 aliphatic carbocycles. The van der Waals surface area contributed by atoms with Gasteiger partial charge in [-0.05, 0) is 48.6 Å². The first-order valence-electron chi connectivity index (χ1n) is 12.2. The minimum absolute atomic E-state index is 0.0742. The first-order valence-corrected chi connectivity index (χ1v) is 13.1. The lowest BCUT2D eigenvalue weighted by atomic mass is 9.90. The van der Waals surface area contributed by atoms with Crippen LogP contribution >= 0.6 is 11.3 Å². The number of carbonyl (C=O) groups is 2. The zero-order valence-electron chi connectivity index (χ0n) is 20.4. The van der Waals surface area contributed by atoms with Crippen LogP contribution in [0.15, 0.2) is 53.9 Å². The number of hydrogen-bond donors (Lipinski definition) is 3. The van der Waals surface area contributed by atoms with Crippen molar-refractivity contribution in [3.05, 3.63) is 76.0 Å². The quantitative estimate of drug-likeness (QED) is 0.355. The van der Waals surface area contributed by atoms with Gasteiger partial charge in [-0.25, -0.2) is 14.2 Å². The SMILES string of the molecule is CC(C)c1ccc(NC(=O)N[C@H]2CCCC[C@@H]2NC(=O)c2csc(COc3ccccc3F)n2)cc1. The molecule has 36 heavy (non-hydrogen) atoms. The van der Waals surface area contributed by atoms with Crippen molar-refractivity contribution in [2.45, 2.75) is 64.1 Å². The number of amides is 3. The van der Waals surface area contributed by atoms with Gasteiger partial charge in [-0.1, -0.05) is 51.0 Å². The third-order valence-corrected chi connectivity index (χ3v) is 7.03. The minimum atomic E-state index is -0.445. The van der Waals surface area contributed by atoms with E-state index in [2.05, 4.69) is 34.8 Å². The van der Waals surface area contributed by atoms with Crippen molar-refractivity contribution >= 4 is 29.0 Å². The molecule has 3 aromatic rings. The smallest absolute Gasteiger partial charge is 0.319 e. The predicted molar refractivity (Wildman–Crippen MR) is 139 cm³/mol. The number of nitrogens with zero attached hydrogens (tertiary/aromatic N) is 1. The van der Waals surface area contributed by atoms with Crippen molar-refractivity contribution in [3.8, 4) is 5.75 Å². The van der Waals surface area contributed by atoms with Crippen LogP contribution in [0.2, 0.25) is 0 Å². The zero-order valence-corrected chi connectivity index (χ0v) is 21.2. The molecule has 9 heteroatoms. The summed E-state index contributed by atoms with van der Waals surface area (Å²) in [5.41, 5.74) is 2.21. The number of benzene rings is 2. The van der Waals surface area contributed by atoms with Gasteiger partial charge in [0.05, 0.1) is 6.04 Å². The molecule has 3 amide bonds. The van der Waals surface area contributed by atoms with E-state index < -0.39 is 5.82 Å². The molecule has 0 unspecified atom stereocenters. The Labute approximate surface area is 214 Å². The Balaban J connectivity index is 1.30. The second-order valence-corrected chi connectivity index (χ2v) is 10.1. The molecule has 190 valence electrons. The minimum Gasteiger partial charge on any atom is -0.483 e. The summed E-state index contributed by atoms with van der Waals surface area (Å²) in [6.45, 7) is 4.32. The van der Waals surface area contributed by atoms with E-state index in [9.17, 15) is 14.0 Å². The van der Waals surface area contributed by atoms with Gasteiger partial charge in [-0.2, -0.15) is 0 Å². The Morgan fingerprint density at radius 1 is 1.06 bits per heavy atom. The zero-order chi connectivity index (χ0) is 25.5. The first kappa shape index (κ1) is 25.6. The van der Waals surface area contributed by atoms with E-state index in [1.54, 1.807) is 23.6 Å². The van der Waals surface area contributed by atoms with Crippen molar-refractivity contribution in [1.29, 1.82) is 0 Å². The number of halogens is 1. The van der Waals surface area contributed by atoms with Crippen LogP contribution in [0.1, 0.15) is 66.5 Å². The van der Waals surface area contributed by atoms with Gasteiger partial charge in [-0.15, -0.1) is 11.3 Å². The Hall–Kier alpha value is -3.46. The molecule has 2 aromatic carbocycles. The number of hydrogen-bond acceptors (Lipinski definition) is 5. The Bertz CT molecular complexity index is 1180. The highest BCUT2D eigenvalue weighted by Crippen LogP contribution is 2.22. The van der Waals surface area contributed by atoms with Gasteiger partial charge in [0.15, 0.2) is 11.6 Å². The molecule has 0 spiro atoms. The number of rotatable bonds is 8. The van der Waals surface area contributed by atoms with Crippen LogP contribution in [0.4, 0.5) is 14.9 Å². The molecule has 4 rings (SSSR count). The molecule has 1 saturated carbocycles. The average molecular weight is 511 g/mol. The van der Waals surface area contributed by atoms with Crippen molar-refractivity contribution in [3.63, 3.8) is 0 Å². The number of thiazole rings is 1. The van der Waals surface area contributed by atoms with Crippen LogP contribution in [0.5, 0.6) is 5.75 Å². The molecule has 1 heterocycles. The average Bonchev–Trinajstić information content (AvgIpc) is 3.34. The maximum atomic E-state index is 13.7. The van der Waals surface area contributed by atoms with E-state index in [1.165, 1.54) is 23.0 Å². The van der Waals surface area contributed by atoms with Crippen LogP contribution < -0.4 is 20.7 Å². The summed E-state index contributed by atoms with van der Waals surface area (Å²) < 4.78 is 19.2. The number of nitrogens with one attached hydrogen (secondary N) is 3. The summed E-state index contributed by atoms with van der Waals surface area (Å²) in [5, 5.41) is 11.2. The summed E-state index contributed by atoms with van der Waals surface area (Å²) in [5.74, 6) is -0.178. The number of anilines is 1. The molecule has 0 radical (unpaired) electrons. The highest BCUT2D eigenvalue weighted by molar-refractivity contribution is 7.09. The van der Waals surface area contributed by atoms with Crippen molar-refractivity contribution in [2.75, 3.05) is 5.32 Å².